The molecule has 1 saturated heterocycles. The van der Waals surface area contributed by atoms with E-state index in [2.05, 4.69) is 10.6 Å². The number of benzene rings is 2. The molecule has 2 aromatic carbocycles. The van der Waals surface area contributed by atoms with Crippen molar-refractivity contribution >= 4 is 11.9 Å². The van der Waals surface area contributed by atoms with Gasteiger partial charge in [0.1, 0.15) is 0 Å². The summed E-state index contributed by atoms with van der Waals surface area (Å²) < 4.78 is 49.7. The first-order valence-corrected chi connectivity index (χ1v) is 11.3. The number of rotatable bonds is 7. The quantitative estimate of drug-likeness (QED) is 0.607. The number of carbonyl (C=O) groups is 2. The molecule has 2 N–H and O–H groups in total. The number of nitrogens with one attached hydrogen (secondary N) is 2. The molecular weight excluding hydrogens is 463 g/mol. The number of nitrogens with zero attached hydrogens (tertiary/aromatic N) is 1. The number of halogens is 3. The smallest absolute Gasteiger partial charge is 0.416 e. The molecule has 190 valence electrons. The van der Waals surface area contributed by atoms with E-state index in [1.807, 2.05) is 19.1 Å². The van der Waals surface area contributed by atoms with Crippen molar-refractivity contribution in [3.8, 4) is 11.5 Å². The van der Waals surface area contributed by atoms with Crippen molar-refractivity contribution in [1.29, 1.82) is 0 Å². The average Bonchev–Trinajstić information content (AvgIpc) is 2.86. The monoisotopic (exact) mass is 493 g/mol. The van der Waals surface area contributed by atoms with Crippen LogP contribution in [0.5, 0.6) is 11.5 Å². The summed E-state index contributed by atoms with van der Waals surface area (Å²) in [4.78, 5) is 27.3. The molecule has 0 saturated carbocycles. The Hall–Kier alpha value is -3.43. The van der Waals surface area contributed by atoms with Crippen molar-refractivity contribution in [2.45, 2.75) is 32.0 Å². The van der Waals surface area contributed by atoms with E-state index in [4.69, 9.17) is 9.47 Å². The third-order valence-electron chi connectivity index (χ3n) is 6.04. The fourth-order valence-electron chi connectivity index (χ4n) is 4.26. The molecule has 2 atom stereocenters. The van der Waals surface area contributed by atoms with Gasteiger partial charge in [-0.15, -0.1) is 0 Å². The summed E-state index contributed by atoms with van der Waals surface area (Å²) in [7, 11) is 3.08. The summed E-state index contributed by atoms with van der Waals surface area (Å²) >= 11 is 0. The molecule has 0 unspecified atom stereocenters. The van der Waals surface area contributed by atoms with Crippen LogP contribution in [0.4, 0.5) is 18.0 Å². The van der Waals surface area contributed by atoms with Crippen LogP contribution in [0.15, 0.2) is 42.5 Å². The van der Waals surface area contributed by atoms with Crippen LogP contribution in [0.3, 0.4) is 0 Å². The highest BCUT2D eigenvalue weighted by Gasteiger charge is 2.35. The van der Waals surface area contributed by atoms with E-state index in [-0.39, 0.29) is 30.9 Å². The molecular formula is C25H30F3N3O4. The van der Waals surface area contributed by atoms with Crippen molar-refractivity contribution in [2.24, 2.45) is 5.92 Å². The van der Waals surface area contributed by atoms with E-state index in [1.54, 1.807) is 18.1 Å². The highest BCUT2D eigenvalue weighted by atomic mass is 19.4. The Labute approximate surface area is 202 Å². The van der Waals surface area contributed by atoms with Crippen LogP contribution in [0.2, 0.25) is 0 Å². The van der Waals surface area contributed by atoms with Gasteiger partial charge in [0.15, 0.2) is 11.5 Å². The lowest BCUT2D eigenvalue weighted by Gasteiger charge is -2.37. The second-order valence-electron chi connectivity index (χ2n) is 8.40. The normalized spacial score (nSPS) is 18.1. The molecule has 35 heavy (non-hydrogen) atoms. The van der Waals surface area contributed by atoms with E-state index in [1.165, 1.54) is 19.2 Å². The van der Waals surface area contributed by atoms with Crippen LogP contribution in [-0.4, -0.2) is 50.7 Å². The van der Waals surface area contributed by atoms with E-state index < -0.39 is 17.7 Å². The number of hydrogen-bond donors (Lipinski definition) is 2. The number of urea groups is 1. The van der Waals surface area contributed by atoms with Gasteiger partial charge in [0, 0.05) is 32.1 Å². The predicted molar refractivity (Wildman–Crippen MR) is 124 cm³/mol. The highest BCUT2D eigenvalue weighted by molar-refractivity contribution is 5.81. The Morgan fingerprint density at radius 2 is 1.77 bits per heavy atom. The van der Waals surface area contributed by atoms with Crippen LogP contribution in [-0.2, 0) is 17.5 Å². The molecule has 1 aliphatic heterocycles. The lowest BCUT2D eigenvalue weighted by Crippen LogP contribution is -2.51. The SMILES string of the molecule is CCNC(=O)N1C[C@H](C(=O)NCc2cccc(C(F)(F)F)c2)C[C@@H](c2ccc(OC)c(OC)c2)C1. The zero-order valence-electron chi connectivity index (χ0n) is 19.9. The van der Waals surface area contributed by atoms with Crippen LogP contribution < -0.4 is 20.1 Å². The largest absolute Gasteiger partial charge is 0.493 e. The topological polar surface area (TPSA) is 79.9 Å². The summed E-state index contributed by atoms with van der Waals surface area (Å²) in [5, 5.41) is 5.51. The number of amides is 3. The summed E-state index contributed by atoms with van der Waals surface area (Å²) in [5.74, 6) is 0.126. The molecule has 0 aliphatic carbocycles. The van der Waals surface area contributed by atoms with Gasteiger partial charge in [0.2, 0.25) is 5.91 Å². The van der Waals surface area contributed by atoms with Gasteiger partial charge in [-0.25, -0.2) is 4.79 Å². The zero-order chi connectivity index (χ0) is 25.6. The standard InChI is InChI=1S/C25H30F3N3O4/c1-4-29-24(33)31-14-18(17-8-9-21(34-2)22(12-17)35-3)11-19(15-31)23(32)30-13-16-6-5-7-20(10-16)25(26,27)28/h5-10,12,18-19H,4,11,13-15H2,1-3H3,(H,29,33)(H,30,32)/t18-,19-/m1/s1. The number of carbonyl (C=O) groups excluding carboxylic acids is 2. The van der Waals surface area contributed by atoms with Crippen LogP contribution in [0.25, 0.3) is 0 Å². The maximum absolute atomic E-state index is 13.0. The molecule has 3 rings (SSSR count). The molecule has 7 nitrogen and oxygen atoms in total. The van der Waals surface area contributed by atoms with Gasteiger partial charge in [0.05, 0.1) is 25.7 Å². The van der Waals surface area contributed by atoms with Gasteiger partial charge in [-0.1, -0.05) is 18.2 Å². The van der Waals surface area contributed by atoms with Crippen molar-refractivity contribution < 1.29 is 32.2 Å². The fraction of sp³-hybridized carbons (Fsp3) is 0.440. The molecule has 1 aliphatic rings. The van der Waals surface area contributed by atoms with Crippen molar-refractivity contribution in [3.63, 3.8) is 0 Å². The molecule has 0 spiro atoms. The highest BCUT2D eigenvalue weighted by Crippen LogP contribution is 2.36. The third-order valence-corrected chi connectivity index (χ3v) is 6.04. The number of methoxy groups -OCH3 is 2. The van der Waals surface area contributed by atoms with E-state index in [0.29, 0.717) is 36.6 Å². The molecule has 0 bridgehead atoms. The second-order valence-corrected chi connectivity index (χ2v) is 8.40. The Bertz CT molecular complexity index is 1040. The summed E-state index contributed by atoms with van der Waals surface area (Å²) in [6.45, 7) is 2.85. The first kappa shape index (κ1) is 26.2. The number of hydrogen-bond acceptors (Lipinski definition) is 4. The fourth-order valence-corrected chi connectivity index (χ4v) is 4.26. The lowest BCUT2D eigenvalue weighted by atomic mass is 9.84. The van der Waals surface area contributed by atoms with Gasteiger partial charge in [-0.3, -0.25) is 4.79 Å². The minimum absolute atomic E-state index is 0.0402. The average molecular weight is 494 g/mol. The number of alkyl halides is 3. The zero-order valence-corrected chi connectivity index (χ0v) is 19.9. The van der Waals surface area contributed by atoms with E-state index in [9.17, 15) is 22.8 Å². The first-order valence-electron chi connectivity index (χ1n) is 11.3. The van der Waals surface area contributed by atoms with Crippen LogP contribution >= 0.6 is 0 Å². The Morgan fingerprint density at radius 3 is 2.43 bits per heavy atom. The van der Waals surface area contributed by atoms with Gasteiger partial charge >= 0.3 is 12.2 Å². The van der Waals surface area contributed by atoms with Gasteiger partial charge in [-0.2, -0.15) is 13.2 Å². The second kappa shape index (κ2) is 11.3. The van der Waals surface area contributed by atoms with Gasteiger partial charge in [0.25, 0.3) is 0 Å². The Kier molecular flexibility index (Phi) is 8.48. The maximum Gasteiger partial charge on any atom is 0.416 e. The molecule has 3 amide bonds. The first-order chi connectivity index (χ1) is 16.7. The van der Waals surface area contributed by atoms with Gasteiger partial charge in [-0.05, 0) is 48.7 Å². The molecule has 1 fully saturated rings. The molecule has 0 radical (unpaired) electrons. The molecule has 2 aromatic rings. The van der Waals surface area contributed by atoms with Gasteiger partial charge < -0.3 is 25.0 Å². The maximum atomic E-state index is 13.0. The van der Waals surface area contributed by atoms with Crippen molar-refractivity contribution in [3.05, 3.63) is 59.2 Å². The lowest BCUT2D eigenvalue weighted by molar-refractivity contribution is -0.137. The summed E-state index contributed by atoms with van der Waals surface area (Å²) in [5.41, 5.74) is 0.478. The number of piperidine rings is 1. The number of likely N-dealkylation sites (tertiary alicyclic amines) is 1. The van der Waals surface area contributed by atoms with Crippen LogP contribution in [0.1, 0.15) is 36.0 Å². The predicted octanol–water partition coefficient (Wildman–Crippen LogP) is 4.17. The number of ether oxygens (including phenoxy) is 2. The Balaban J connectivity index is 1.77. The molecule has 1 heterocycles. The van der Waals surface area contributed by atoms with Crippen molar-refractivity contribution in [1.82, 2.24) is 15.5 Å². The third kappa shape index (κ3) is 6.58. The minimum atomic E-state index is -4.46. The minimum Gasteiger partial charge on any atom is -0.493 e. The van der Waals surface area contributed by atoms with E-state index in [0.717, 1.165) is 17.7 Å². The van der Waals surface area contributed by atoms with Crippen LogP contribution in [0, 0.1) is 5.92 Å². The van der Waals surface area contributed by atoms with Crippen molar-refractivity contribution in [2.75, 3.05) is 33.9 Å². The summed E-state index contributed by atoms with van der Waals surface area (Å²) in [6, 6.07) is 10.1. The Morgan fingerprint density at radius 1 is 1.03 bits per heavy atom. The molecule has 0 aromatic heterocycles. The summed E-state index contributed by atoms with van der Waals surface area (Å²) in [6.07, 6.45) is -3.98. The molecule has 10 heteroatoms. The van der Waals surface area contributed by atoms with E-state index >= 15 is 0 Å².